The molecule has 3 nitrogen and oxygen atoms in total. The Morgan fingerprint density at radius 3 is 2.82 bits per heavy atom. The van der Waals surface area contributed by atoms with Gasteiger partial charge in [-0.1, -0.05) is 0 Å². The van der Waals surface area contributed by atoms with Crippen molar-refractivity contribution in [2.24, 2.45) is 7.05 Å². The van der Waals surface area contributed by atoms with Gasteiger partial charge in [-0.15, -0.1) is 11.6 Å². The summed E-state index contributed by atoms with van der Waals surface area (Å²) < 4.78 is 1.65. The van der Waals surface area contributed by atoms with Crippen LogP contribution >= 0.6 is 11.6 Å². The fraction of sp³-hybridized carbons (Fsp3) is 0.429. The molecule has 0 aliphatic carbocycles. The summed E-state index contributed by atoms with van der Waals surface area (Å²) in [4.78, 5) is 11.1. The summed E-state index contributed by atoms with van der Waals surface area (Å²) in [5, 5.41) is 3.92. The van der Waals surface area contributed by atoms with Crippen LogP contribution in [-0.2, 0) is 7.05 Å². The third-order valence-corrected chi connectivity index (χ3v) is 1.90. The van der Waals surface area contributed by atoms with E-state index in [0.717, 1.165) is 5.69 Å². The number of aryl methyl sites for hydroxylation is 1. The first kappa shape index (κ1) is 8.27. The highest BCUT2D eigenvalue weighted by atomic mass is 35.5. The Balaban J connectivity index is 3.04. The molecular weight excluding hydrogens is 164 g/mol. The van der Waals surface area contributed by atoms with Crippen molar-refractivity contribution in [3.8, 4) is 0 Å². The molecule has 0 aliphatic rings. The molecule has 0 spiro atoms. The quantitative estimate of drug-likeness (QED) is 0.496. The van der Waals surface area contributed by atoms with Crippen LogP contribution in [0.3, 0.4) is 0 Å². The molecule has 1 aromatic heterocycles. The summed E-state index contributed by atoms with van der Waals surface area (Å²) in [6.07, 6.45) is 1.54. The van der Waals surface area contributed by atoms with E-state index in [1.165, 1.54) is 0 Å². The first-order valence-corrected chi connectivity index (χ1v) is 3.78. The molecule has 0 radical (unpaired) electrons. The monoisotopic (exact) mass is 172 g/mol. The average molecular weight is 173 g/mol. The number of carbonyl (C=O) groups is 1. The number of hydrogen-bond acceptors (Lipinski definition) is 2. The molecule has 0 bridgehead atoms. The van der Waals surface area contributed by atoms with Crippen molar-refractivity contribution in [2.45, 2.75) is 6.92 Å². The van der Waals surface area contributed by atoms with E-state index in [2.05, 4.69) is 5.10 Å². The van der Waals surface area contributed by atoms with Crippen molar-refractivity contribution in [3.63, 3.8) is 0 Å². The summed E-state index contributed by atoms with van der Waals surface area (Å²) in [7, 11) is 1.79. The third-order valence-electron chi connectivity index (χ3n) is 1.66. The van der Waals surface area contributed by atoms with Crippen LogP contribution in [0.4, 0.5) is 0 Å². The first-order chi connectivity index (χ1) is 5.16. The molecular formula is C7H9ClN2O. The third kappa shape index (κ3) is 1.43. The molecule has 1 rings (SSSR count). The predicted molar refractivity (Wildman–Crippen MR) is 43.0 cm³/mol. The van der Waals surface area contributed by atoms with E-state index >= 15 is 0 Å². The van der Waals surface area contributed by atoms with Gasteiger partial charge >= 0.3 is 0 Å². The highest BCUT2D eigenvalue weighted by Crippen LogP contribution is 2.06. The molecule has 1 aromatic rings. The lowest BCUT2D eigenvalue weighted by molar-refractivity contribution is 0.102. The number of rotatable bonds is 2. The zero-order valence-corrected chi connectivity index (χ0v) is 7.22. The number of ketones is 1. The van der Waals surface area contributed by atoms with E-state index in [9.17, 15) is 4.79 Å². The van der Waals surface area contributed by atoms with Gasteiger partial charge in [-0.3, -0.25) is 9.48 Å². The van der Waals surface area contributed by atoms with Gasteiger partial charge in [0.2, 0.25) is 0 Å². The topological polar surface area (TPSA) is 34.9 Å². The molecule has 0 N–H and O–H groups in total. The summed E-state index contributed by atoms with van der Waals surface area (Å²) >= 11 is 5.38. The standard InChI is InChI=1S/C7H9ClN2O/c1-5-6(7(11)3-8)4-9-10(5)2/h4H,3H2,1-2H3. The number of alkyl halides is 1. The lowest BCUT2D eigenvalue weighted by Crippen LogP contribution is -2.02. The van der Waals surface area contributed by atoms with E-state index < -0.39 is 0 Å². The van der Waals surface area contributed by atoms with Gasteiger partial charge in [0.1, 0.15) is 0 Å². The molecule has 0 aromatic carbocycles. The van der Waals surface area contributed by atoms with Crippen LogP contribution in [0.15, 0.2) is 6.20 Å². The molecule has 0 atom stereocenters. The van der Waals surface area contributed by atoms with Gasteiger partial charge in [0.15, 0.2) is 5.78 Å². The maximum absolute atomic E-state index is 11.1. The Labute approximate surface area is 70.0 Å². The van der Waals surface area contributed by atoms with Gasteiger partial charge in [0.05, 0.1) is 17.6 Å². The Morgan fingerprint density at radius 2 is 2.45 bits per heavy atom. The number of Topliss-reactive ketones (excluding diaryl/α,β-unsaturated/α-hetero) is 1. The van der Waals surface area contributed by atoms with Gasteiger partial charge in [0.25, 0.3) is 0 Å². The van der Waals surface area contributed by atoms with Gasteiger partial charge in [-0.25, -0.2) is 0 Å². The fourth-order valence-corrected chi connectivity index (χ4v) is 0.988. The maximum atomic E-state index is 11.1. The number of halogens is 1. The van der Waals surface area contributed by atoms with Crippen molar-refractivity contribution >= 4 is 17.4 Å². The Kier molecular flexibility index (Phi) is 2.29. The summed E-state index contributed by atoms with van der Waals surface area (Å²) in [5.41, 5.74) is 1.47. The minimum Gasteiger partial charge on any atom is -0.293 e. The van der Waals surface area contributed by atoms with E-state index in [4.69, 9.17) is 11.6 Å². The Bertz CT molecular complexity index is 280. The second-order valence-electron chi connectivity index (χ2n) is 2.32. The number of nitrogens with zero attached hydrogens (tertiary/aromatic N) is 2. The fourth-order valence-electron chi connectivity index (χ4n) is 0.844. The largest absolute Gasteiger partial charge is 0.293 e. The normalized spacial score (nSPS) is 10.1. The SMILES string of the molecule is Cc1c(C(=O)CCl)cnn1C. The van der Waals surface area contributed by atoms with Crippen LogP contribution in [0.25, 0.3) is 0 Å². The van der Waals surface area contributed by atoms with Gasteiger partial charge in [0, 0.05) is 12.7 Å². The minimum absolute atomic E-state index is 0.0204. The summed E-state index contributed by atoms with van der Waals surface area (Å²) in [6, 6.07) is 0. The van der Waals surface area contributed by atoms with Crippen LogP contribution in [0.2, 0.25) is 0 Å². The summed E-state index contributed by atoms with van der Waals surface area (Å²) in [6.45, 7) is 1.84. The lowest BCUT2D eigenvalue weighted by Gasteiger charge is -1.95. The maximum Gasteiger partial charge on any atom is 0.181 e. The van der Waals surface area contributed by atoms with Crippen molar-refractivity contribution in [1.82, 2.24) is 9.78 Å². The molecule has 1 heterocycles. The Hall–Kier alpha value is -0.830. The van der Waals surface area contributed by atoms with Crippen LogP contribution < -0.4 is 0 Å². The van der Waals surface area contributed by atoms with Crippen LogP contribution in [-0.4, -0.2) is 21.4 Å². The molecule has 0 aliphatic heterocycles. The van der Waals surface area contributed by atoms with Crippen molar-refractivity contribution in [3.05, 3.63) is 17.5 Å². The van der Waals surface area contributed by atoms with E-state index in [0.29, 0.717) is 5.56 Å². The minimum atomic E-state index is -0.0720. The molecule has 0 unspecified atom stereocenters. The molecule has 0 fully saturated rings. The van der Waals surface area contributed by atoms with Gasteiger partial charge in [-0.05, 0) is 6.92 Å². The van der Waals surface area contributed by atoms with Gasteiger partial charge < -0.3 is 0 Å². The molecule has 60 valence electrons. The van der Waals surface area contributed by atoms with Crippen molar-refractivity contribution in [2.75, 3.05) is 5.88 Å². The van der Waals surface area contributed by atoms with Crippen LogP contribution in [0.5, 0.6) is 0 Å². The average Bonchev–Trinajstić information content (AvgIpc) is 2.32. The van der Waals surface area contributed by atoms with Gasteiger partial charge in [-0.2, -0.15) is 5.10 Å². The van der Waals surface area contributed by atoms with Crippen molar-refractivity contribution < 1.29 is 4.79 Å². The van der Waals surface area contributed by atoms with Crippen LogP contribution in [0, 0.1) is 6.92 Å². The zero-order valence-electron chi connectivity index (χ0n) is 6.47. The summed E-state index contributed by atoms with van der Waals surface area (Å²) in [5.74, 6) is -0.0516. The van der Waals surface area contributed by atoms with E-state index in [1.54, 1.807) is 17.9 Å². The van der Waals surface area contributed by atoms with E-state index in [1.807, 2.05) is 6.92 Å². The second-order valence-corrected chi connectivity index (χ2v) is 2.59. The molecule has 11 heavy (non-hydrogen) atoms. The van der Waals surface area contributed by atoms with E-state index in [-0.39, 0.29) is 11.7 Å². The number of aromatic nitrogens is 2. The molecule has 0 saturated carbocycles. The molecule has 0 amide bonds. The predicted octanol–water partition coefficient (Wildman–Crippen LogP) is 1.15. The lowest BCUT2D eigenvalue weighted by atomic mass is 10.2. The highest BCUT2D eigenvalue weighted by molar-refractivity contribution is 6.30. The highest BCUT2D eigenvalue weighted by Gasteiger charge is 2.10. The molecule has 0 saturated heterocycles. The van der Waals surface area contributed by atoms with Crippen LogP contribution in [0.1, 0.15) is 16.1 Å². The second kappa shape index (κ2) is 3.05. The molecule has 4 heteroatoms. The number of hydrogen-bond donors (Lipinski definition) is 0. The van der Waals surface area contributed by atoms with Crippen molar-refractivity contribution in [1.29, 1.82) is 0 Å². The zero-order chi connectivity index (χ0) is 8.43. The number of carbonyl (C=O) groups excluding carboxylic acids is 1. The Morgan fingerprint density at radius 1 is 1.82 bits per heavy atom. The smallest absolute Gasteiger partial charge is 0.181 e. The first-order valence-electron chi connectivity index (χ1n) is 3.24.